The monoisotopic (exact) mass is 259 g/mol. The van der Waals surface area contributed by atoms with Gasteiger partial charge in [-0.2, -0.15) is 0 Å². The largest absolute Gasteiger partial charge is 2.00 e. The van der Waals surface area contributed by atoms with E-state index in [4.69, 9.17) is 11.6 Å². The minimum atomic E-state index is 0. The van der Waals surface area contributed by atoms with Gasteiger partial charge in [0.15, 0.2) is 0 Å². The van der Waals surface area contributed by atoms with Gasteiger partial charge < -0.3 is 8.17 Å². The normalized spacial score (nSPS) is 11.8. The van der Waals surface area contributed by atoms with Crippen LogP contribution in [0.2, 0.25) is 5.02 Å². The van der Waals surface area contributed by atoms with Gasteiger partial charge in [-0.25, -0.2) is 0 Å². The minimum Gasteiger partial charge on any atom is -1.00 e. The maximum absolute atomic E-state index is 6.13. The van der Waals surface area contributed by atoms with E-state index in [-0.39, 0.29) is 25.9 Å². The predicted molar refractivity (Wildman–Crippen MR) is 73.3 cm³/mol. The predicted octanol–water partition coefficient (Wildman–Crippen LogP) is 4.39. The van der Waals surface area contributed by atoms with Crippen LogP contribution in [0.5, 0.6) is 0 Å². The van der Waals surface area contributed by atoms with Crippen molar-refractivity contribution in [3.63, 3.8) is 0 Å². The molecule has 1 aliphatic heterocycles. The fourth-order valence-electron chi connectivity index (χ4n) is 1.62. The molecule has 1 aliphatic rings. The number of fused-ring (bicyclic) bond motifs is 2. The van der Waals surface area contributed by atoms with E-state index in [0.29, 0.717) is 0 Å². The van der Waals surface area contributed by atoms with Crippen LogP contribution < -0.4 is 5.32 Å². The number of nitrogens with one attached hydrogen (secondary N) is 1. The Hall–Kier alpha value is -0.354. The zero-order chi connectivity index (χ0) is 10.3. The summed E-state index contributed by atoms with van der Waals surface area (Å²) in [4.78, 5) is 2.42. The fourth-order valence-corrected chi connectivity index (χ4v) is 2.92. The van der Waals surface area contributed by atoms with E-state index in [1.807, 2.05) is 24.3 Å². The van der Waals surface area contributed by atoms with Crippen LogP contribution in [0.4, 0.5) is 11.4 Å². The number of anilines is 2. The van der Waals surface area contributed by atoms with Crippen LogP contribution in [0.25, 0.3) is 0 Å². The Morgan fingerprint density at radius 3 is 2.62 bits per heavy atom. The van der Waals surface area contributed by atoms with Crippen molar-refractivity contribution in [2.45, 2.75) is 9.79 Å². The summed E-state index contributed by atoms with van der Waals surface area (Å²) in [6, 6.07) is 14.2. The number of hydrogen-bond acceptors (Lipinski definition) is 2. The maximum Gasteiger partial charge on any atom is 2.00 e. The number of hydrogen-bond donors (Lipinski definition) is 1. The summed E-state index contributed by atoms with van der Waals surface area (Å²) in [5, 5.41) is 4.13. The van der Waals surface area contributed by atoms with Gasteiger partial charge in [-0.05, 0) is 24.3 Å². The van der Waals surface area contributed by atoms with Crippen LogP contribution in [0, 0.1) is 0 Å². The molecule has 0 aromatic heterocycles. The molecule has 2 aromatic rings. The first-order chi connectivity index (χ1) is 7.34. The van der Waals surface area contributed by atoms with Gasteiger partial charge >= 0.3 is 23.1 Å². The molecule has 2 aromatic carbocycles. The summed E-state index contributed by atoms with van der Waals surface area (Å²) >= 11 is 7.88. The third-order valence-corrected chi connectivity index (χ3v) is 3.79. The van der Waals surface area contributed by atoms with Crippen LogP contribution in [-0.4, -0.2) is 23.1 Å². The van der Waals surface area contributed by atoms with E-state index in [9.17, 15) is 0 Å². The van der Waals surface area contributed by atoms with Crippen molar-refractivity contribution in [3.05, 3.63) is 47.5 Å². The Labute approximate surface area is 123 Å². The van der Waals surface area contributed by atoms with Crippen LogP contribution >= 0.6 is 23.4 Å². The van der Waals surface area contributed by atoms with Crippen molar-refractivity contribution < 1.29 is 2.85 Å². The molecule has 3 rings (SSSR count). The van der Waals surface area contributed by atoms with E-state index in [1.54, 1.807) is 11.8 Å². The zero-order valence-corrected chi connectivity index (χ0v) is 11.5. The molecule has 1 N–H and O–H groups in total. The van der Waals surface area contributed by atoms with Gasteiger partial charge in [0.2, 0.25) is 0 Å². The molecule has 16 heavy (non-hydrogen) atoms. The first-order valence-corrected chi connectivity index (χ1v) is 5.86. The molecule has 0 fully saturated rings. The first-order valence-electron chi connectivity index (χ1n) is 4.67. The van der Waals surface area contributed by atoms with Gasteiger partial charge in [-0.1, -0.05) is 41.6 Å². The molecule has 0 saturated carbocycles. The number of para-hydroxylation sites is 2. The van der Waals surface area contributed by atoms with Gasteiger partial charge in [0.05, 0.1) is 16.4 Å². The molecule has 0 saturated heterocycles. The second kappa shape index (κ2) is 4.88. The third-order valence-electron chi connectivity index (χ3n) is 2.34. The SMILES string of the molecule is Clc1cccc2c1Nc1ccccc1S2.[H-].[H-].[Mg+2]. The molecule has 4 heteroatoms. The van der Waals surface area contributed by atoms with E-state index >= 15 is 0 Å². The summed E-state index contributed by atoms with van der Waals surface area (Å²) in [6.45, 7) is 0. The number of rotatable bonds is 0. The van der Waals surface area contributed by atoms with Crippen LogP contribution in [0.1, 0.15) is 2.85 Å². The Morgan fingerprint density at radius 1 is 1.00 bits per heavy atom. The topological polar surface area (TPSA) is 12.0 Å². The number of benzene rings is 2. The van der Waals surface area contributed by atoms with Gasteiger partial charge in [0.1, 0.15) is 0 Å². The van der Waals surface area contributed by atoms with E-state index in [2.05, 4.69) is 23.5 Å². The van der Waals surface area contributed by atoms with Crippen molar-refractivity contribution in [1.82, 2.24) is 0 Å². The Morgan fingerprint density at radius 2 is 1.75 bits per heavy atom. The van der Waals surface area contributed by atoms with Crippen LogP contribution in [0.3, 0.4) is 0 Å². The van der Waals surface area contributed by atoms with E-state index in [1.165, 1.54) is 9.79 Å². The zero-order valence-electron chi connectivity index (χ0n) is 10.5. The van der Waals surface area contributed by atoms with Crippen molar-refractivity contribution >= 4 is 57.8 Å². The Bertz CT molecular complexity index is 539. The van der Waals surface area contributed by atoms with E-state index < -0.39 is 0 Å². The smallest absolute Gasteiger partial charge is 1.00 e. The fraction of sp³-hybridized carbons (Fsp3) is 0. The van der Waals surface area contributed by atoms with Crippen LogP contribution in [-0.2, 0) is 0 Å². The minimum absolute atomic E-state index is 0. The third kappa shape index (κ3) is 2.05. The van der Waals surface area contributed by atoms with Crippen molar-refractivity contribution in [1.29, 1.82) is 0 Å². The Kier molecular flexibility index (Phi) is 3.69. The molecule has 1 nitrogen and oxygen atoms in total. The van der Waals surface area contributed by atoms with Crippen molar-refractivity contribution in [2.75, 3.05) is 5.32 Å². The van der Waals surface area contributed by atoms with E-state index in [0.717, 1.165) is 16.4 Å². The molecule has 1 heterocycles. The molecular weight excluding hydrogens is 250 g/mol. The molecule has 0 amide bonds. The van der Waals surface area contributed by atoms with Gasteiger partial charge in [0.25, 0.3) is 0 Å². The van der Waals surface area contributed by atoms with Gasteiger partial charge in [-0.3, -0.25) is 0 Å². The second-order valence-corrected chi connectivity index (χ2v) is 4.83. The van der Waals surface area contributed by atoms with Crippen LogP contribution in [0.15, 0.2) is 52.3 Å². The standard InChI is InChI=1S/C12H8ClNS.Mg.2H/c13-8-4-3-7-11-12(8)14-9-5-1-2-6-10(9)15-11;;;/h1-7,14H;;;/q;+2;2*-1. The summed E-state index contributed by atoms with van der Waals surface area (Å²) in [5.74, 6) is 0. The average molecular weight is 260 g/mol. The van der Waals surface area contributed by atoms with Crippen molar-refractivity contribution in [2.24, 2.45) is 0 Å². The molecule has 0 atom stereocenters. The molecule has 0 spiro atoms. The molecule has 0 bridgehead atoms. The molecule has 0 radical (unpaired) electrons. The van der Waals surface area contributed by atoms with Crippen molar-refractivity contribution in [3.8, 4) is 0 Å². The molecule has 0 aliphatic carbocycles. The summed E-state index contributed by atoms with van der Waals surface area (Å²) in [5.41, 5.74) is 2.14. The maximum atomic E-state index is 6.13. The first kappa shape index (κ1) is 12.1. The quantitative estimate of drug-likeness (QED) is 0.601. The second-order valence-electron chi connectivity index (χ2n) is 3.34. The molecule has 0 unspecified atom stereocenters. The summed E-state index contributed by atoms with van der Waals surface area (Å²) in [6.07, 6.45) is 0. The Balaban J connectivity index is 0.000000963. The number of halogens is 1. The van der Waals surface area contributed by atoms with Gasteiger partial charge in [0, 0.05) is 9.79 Å². The summed E-state index contributed by atoms with van der Waals surface area (Å²) < 4.78 is 0. The van der Waals surface area contributed by atoms with Gasteiger partial charge in [-0.15, -0.1) is 0 Å². The molecule has 78 valence electrons. The molecular formula is C12H10ClMgNS. The average Bonchev–Trinajstić information content (AvgIpc) is 2.27. The summed E-state index contributed by atoms with van der Waals surface area (Å²) in [7, 11) is 0.